The number of aromatic nitrogens is 2. The third-order valence-corrected chi connectivity index (χ3v) is 4.79. The highest BCUT2D eigenvalue weighted by Crippen LogP contribution is 2.25. The Morgan fingerprint density at radius 3 is 2.29 bits per heavy atom. The summed E-state index contributed by atoms with van der Waals surface area (Å²) in [5.41, 5.74) is 8.78. The predicted molar refractivity (Wildman–Crippen MR) is 90.3 cm³/mol. The minimum atomic E-state index is 0.116. The first-order chi connectivity index (χ1) is 10.1. The first kappa shape index (κ1) is 18.2. The lowest BCUT2D eigenvalue weighted by molar-refractivity contribution is 0.0738. The van der Waals surface area contributed by atoms with Crippen LogP contribution in [0.2, 0.25) is 0 Å². The number of nitrogens with zero attached hydrogens (tertiary/aromatic N) is 3. The lowest BCUT2D eigenvalue weighted by atomic mass is 9.90. The Kier molecular flexibility index (Phi) is 7.40. The van der Waals surface area contributed by atoms with Gasteiger partial charge in [0.25, 0.3) is 0 Å². The maximum Gasteiger partial charge on any atom is 0.0625 e. The van der Waals surface area contributed by atoms with E-state index in [1.807, 2.05) is 0 Å². The van der Waals surface area contributed by atoms with Crippen molar-refractivity contribution in [2.75, 3.05) is 13.1 Å². The van der Waals surface area contributed by atoms with Crippen molar-refractivity contribution in [3.8, 4) is 0 Å². The SMILES string of the molecule is CCCN(Cc1cc(CC)nn1CC)C(CC)(CC)CN. The number of aryl methyl sites for hydroxylation is 2. The second kappa shape index (κ2) is 8.54. The summed E-state index contributed by atoms with van der Waals surface area (Å²) in [6.45, 7) is 14.8. The summed E-state index contributed by atoms with van der Waals surface area (Å²) < 4.78 is 2.15. The molecule has 1 aromatic rings. The highest BCUT2D eigenvalue weighted by molar-refractivity contribution is 5.11. The van der Waals surface area contributed by atoms with Crippen LogP contribution in [0.15, 0.2) is 6.07 Å². The van der Waals surface area contributed by atoms with Gasteiger partial charge in [-0.05, 0) is 45.2 Å². The molecule has 1 rings (SSSR count). The summed E-state index contributed by atoms with van der Waals surface area (Å²) in [7, 11) is 0. The van der Waals surface area contributed by atoms with E-state index < -0.39 is 0 Å². The molecule has 0 radical (unpaired) electrons. The molecule has 0 aliphatic rings. The van der Waals surface area contributed by atoms with E-state index in [2.05, 4.69) is 55.4 Å². The summed E-state index contributed by atoms with van der Waals surface area (Å²) in [5, 5.41) is 4.68. The lowest BCUT2D eigenvalue weighted by Crippen LogP contribution is -2.53. The summed E-state index contributed by atoms with van der Waals surface area (Å²) in [4.78, 5) is 2.58. The van der Waals surface area contributed by atoms with Crippen LogP contribution < -0.4 is 5.73 Å². The molecule has 0 amide bonds. The summed E-state index contributed by atoms with van der Waals surface area (Å²) in [5.74, 6) is 0. The topological polar surface area (TPSA) is 47.1 Å². The summed E-state index contributed by atoms with van der Waals surface area (Å²) >= 11 is 0. The smallest absolute Gasteiger partial charge is 0.0625 e. The third-order valence-electron chi connectivity index (χ3n) is 4.79. The van der Waals surface area contributed by atoms with Gasteiger partial charge in [0.15, 0.2) is 0 Å². The Morgan fingerprint density at radius 2 is 1.86 bits per heavy atom. The second-order valence-electron chi connectivity index (χ2n) is 5.85. The van der Waals surface area contributed by atoms with Crippen molar-refractivity contribution >= 4 is 0 Å². The van der Waals surface area contributed by atoms with Gasteiger partial charge in [-0.3, -0.25) is 9.58 Å². The lowest BCUT2D eigenvalue weighted by Gasteiger charge is -2.42. The van der Waals surface area contributed by atoms with Crippen LogP contribution in [0.3, 0.4) is 0 Å². The van der Waals surface area contributed by atoms with E-state index in [1.54, 1.807) is 0 Å². The summed E-state index contributed by atoms with van der Waals surface area (Å²) in [6.07, 6.45) is 4.35. The maximum atomic E-state index is 6.15. The Hall–Kier alpha value is -0.870. The molecule has 4 nitrogen and oxygen atoms in total. The number of hydrogen-bond acceptors (Lipinski definition) is 3. The van der Waals surface area contributed by atoms with Crippen LogP contribution in [0.4, 0.5) is 0 Å². The van der Waals surface area contributed by atoms with Gasteiger partial charge in [-0.15, -0.1) is 0 Å². The first-order valence-corrected chi connectivity index (χ1v) is 8.61. The average Bonchev–Trinajstić information content (AvgIpc) is 2.92. The monoisotopic (exact) mass is 294 g/mol. The van der Waals surface area contributed by atoms with Crippen molar-refractivity contribution < 1.29 is 0 Å². The maximum absolute atomic E-state index is 6.15. The average molecular weight is 294 g/mol. The molecular formula is C17H34N4. The Balaban J connectivity index is 3.04. The van der Waals surface area contributed by atoms with Gasteiger partial charge in [0.05, 0.1) is 11.4 Å². The van der Waals surface area contributed by atoms with Gasteiger partial charge in [0.1, 0.15) is 0 Å². The van der Waals surface area contributed by atoms with E-state index in [4.69, 9.17) is 5.73 Å². The molecule has 0 aromatic carbocycles. The van der Waals surface area contributed by atoms with Crippen LogP contribution in [-0.4, -0.2) is 33.3 Å². The fraction of sp³-hybridized carbons (Fsp3) is 0.824. The van der Waals surface area contributed by atoms with Crippen molar-refractivity contribution in [2.24, 2.45) is 5.73 Å². The van der Waals surface area contributed by atoms with Gasteiger partial charge in [0.2, 0.25) is 0 Å². The van der Waals surface area contributed by atoms with E-state index in [0.29, 0.717) is 0 Å². The minimum absolute atomic E-state index is 0.116. The number of rotatable bonds is 10. The van der Waals surface area contributed by atoms with E-state index in [-0.39, 0.29) is 5.54 Å². The van der Waals surface area contributed by atoms with Crippen molar-refractivity contribution in [3.63, 3.8) is 0 Å². The van der Waals surface area contributed by atoms with E-state index >= 15 is 0 Å². The fourth-order valence-corrected chi connectivity index (χ4v) is 3.15. The highest BCUT2D eigenvalue weighted by Gasteiger charge is 2.32. The van der Waals surface area contributed by atoms with E-state index in [9.17, 15) is 0 Å². The molecule has 0 fully saturated rings. The molecular weight excluding hydrogens is 260 g/mol. The van der Waals surface area contributed by atoms with E-state index in [1.165, 1.54) is 11.4 Å². The largest absolute Gasteiger partial charge is 0.329 e. The van der Waals surface area contributed by atoms with Crippen LogP contribution in [0.5, 0.6) is 0 Å². The normalized spacial score (nSPS) is 12.3. The first-order valence-electron chi connectivity index (χ1n) is 8.61. The molecule has 1 aromatic heterocycles. The molecule has 1 heterocycles. The van der Waals surface area contributed by atoms with Crippen LogP contribution in [0.25, 0.3) is 0 Å². The molecule has 0 unspecified atom stereocenters. The minimum Gasteiger partial charge on any atom is -0.329 e. The molecule has 0 aliphatic carbocycles. The molecule has 0 spiro atoms. The molecule has 0 bridgehead atoms. The van der Waals surface area contributed by atoms with Crippen LogP contribution in [0.1, 0.15) is 65.3 Å². The van der Waals surface area contributed by atoms with Gasteiger partial charge in [-0.2, -0.15) is 5.10 Å². The predicted octanol–water partition coefficient (Wildman–Crippen LogP) is 3.19. The van der Waals surface area contributed by atoms with Gasteiger partial charge in [-0.25, -0.2) is 0 Å². The van der Waals surface area contributed by atoms with Crippen molar-refractivity contribution in [1.29, 1.82) is 0 Å². The highest BCUT2D eigenvalue weighted by atomic mass is 15.3. The van der Waals surface area contributed by atoms with Crippen LogP contribution in [-0.2, 0) is 19.5 Å². The zero-order chi connectivity index (χ0) is 15.9. The quantitative estimate of drug-likeness (QED) is 0.721. The molecule has 122 valence electrons. The second-order valence-corrected chi connectivity index (χ2v) is 5.85. The number of hydrogen-bond donors (Lipinski definition) is 1. The Labute approximate surface area is 130 Å². The standard InChI is InChI=1S/C17H34N4/c1-6-11-20(17(8-3,9-4)14-18)13-16-12-15(7-2)19-21(16)10-5/h12H,6-11,13-14,18H2,1-5H3. The van der Waals surface area contributed by atoms with Gasteiger partial charge < -0.3 is 5.73 Å². The van der Waals surface area contributed by atoms with Crippen molar-refractivity contribution in [3.05, 3.63) is 17.5 Å². The van der Waals surface area contributed by atoms with Crippen LogP contribution >= 0.6 is 0 Å². The molecule has 0 aliphatic heterocycles. The van der Waals surface area contributed by atoms with Crippen molar-refractivity contribution in [2.45, 2.75) is 78.9 Å². The van der Waals surface area contributed by atoms with Crippen LogP contribution in [0, 0.1) is 0 Å². The van der Waals surface area contributed by atoms with Gasteiger partial charge >= 0.3 is 0 Å². The van der Waals surface area contributed by atoms with E-state index in [0.717, 1.165) is 51.9 Å². The molecule has 0 saturated carbocycles. The zero-order valence-electron chi connectivity index (χ0n) is 14.7. The molecule has 2 N–H and O–H groups in total. The molecule has 0 atom stereocenters. The number of nitrogens with two attached hydrogens (primary N) is 1. The third kappa shape index (κ3) is 4.07. The zero-order valence-corrected chi connectivity index (χ0v) is 14.7. The fourth-order valence-electron chi connectivity index (χ4n) is 3.15. The van der Waals surface area contributed by atoms with Gasteiger partial charge in [0, 0.05) is 25.2 Å². The Bertz CT molecular complexity index is 399. The summed E-state index contributed by atoms with van der Waals surface area (Å²) in [6, 6.07) is 2.26. The Morgan fingerprint density at radius 1 is 1.19 bits per heavy atom. The molecule has 0 saturated heterocycles. The molecule has 21 heavy (non-hydrogen) atoms. The van der Waals surface area contributed by atoms with Crippen molar-refractivity contribution in [1.82, 2.24) is 14.7 Å². The molecule has 4 heteroatoms. The van der Waals surface area contributed by atoms with Gasteiger partial charge in [-0.1, -0.05) is 27.7 Å².